The highest BCUT2D eigenvalue weighted by molar-refractivity contribution is 5.16. The van der Waals surface area contributed by atoms with Gasteiger partial charge in [0.05, 0.1) is 0 Å². The molecule has 0 amide bonds. The minimum Gasteiger partial charge on any atom is -0.317 e. The Kier molecular flexibility index (Phi) is 5.10. The van der Waals surface area contributed by atoms with E-state index in [2.05, 4.69) is 40.5 Å². The fourth-order valence-electron chi connectivity index (χ4n) is 3.81. The Hall–Kier alpha value is -0.860. The van der Waals surface area contributed by atoms with Crippen molar-refractivity contribution in [2.45, 2.75) is 44.6 Å². The number of hydrogen-bond donors (Lipinski definition) is 1. The third-order valence-corrected chi connectivity index (χ3v) is 5.01. The molecule has 2 saturated heterocycles. The van der Waals surface area contributed by atoms with Gasteiger partial charge in [0.2, 0.25) is 0 Å². The van der Waals surface area contributed by atoms with Gasteiger partial charge in [-0.3, -0.25) is 4.90 Å². The van der Waals surface area contributed by atoms with Gasteiger partial charge in [-0.2, -0.15) is 0 Å². The summed E-state index contributed by atoms with van der Waals surface area (Å²) in [5, 5.41) is 3.48. The van der Waals surface area contributed by atoms with Crippen molar-refractivity contribution in [1.29, 1.82) is 0 Å². The monoisotopic (exact) mass is 272 g/mol. The van der Waals surface area contributed by atoms with E-state index in [0.29, 0.717) is 0 Å². The van der Waals surface area contributed by atoms with Crippen LogP contribution in [-0.2, 0) is 6.42 Å². The standard InChI is InChI=1S/C18H28N2/c1-2-6-16(7-3-1)14-18-8-4-5-13-20(18)15-17-9-11-19-12-10-17/h1-3,6-7,17-19H,4-5,8-15H2. The predicted molar refractivity (Wildman–Crippen MR) is 85.0 cm³/mol. The smallest absolute Gasteiger partial charge is 0.0136 e. The van der Waals surface area contributed by atoms with Gasteiger partial charge in [-0.05, 0) is 63.2 Å². The van der Waals surface area contributed by atoms with Gasteiger partial charge in [-0.15, -0.1) is 0 Å². The topological polar surface area (TPSA) is 15.3 Å². The van der Waals surface area contributed by atoms with Gasteiger partial charge in [-0.25, -0.2) is 0 Å². The lowest BCUT2D eigenvalue weighted by molar-refractivity contribution is 0.115. The van der Waals surface area contributed by atoms with Crippen LogP contribution < -0.4 is 5.32 Å². The number of likely N-dealkylation sites (tertiary alicyclic amines) is 1. The summed E-state index contributed by atoms with van der Waals surface area (Å²) in [6.07, 6.45) is 8.19. The number of nitrogens with zero attached hydrogens (tertiary/aromatic N) is 1. The van der Waals surface area contributed by atoms with Crippen LogP contribution in [0.25, 0.3) is 0 Å². The molecule has 1 N–H and O–H groups in total. The molecule has 3 rings (SSSR count). The van der Waals surface area contributed by atoms with Gasteiger partial charge in [0.1, 0.15) is 0 Å². The molecule has 20 heavy (non-hydrogen) atoms. The summed E-state index contributed by atoms with van der Waals surface area (Å²) in [5.41, 5.74) is 1.51. The van der Waals surface area contributed by atoms with Gasteiger partial charge in [0.25, 0.3) is 0 Å². The highest BCUT2D eigenvalue weighted by Gasteiger charge is 2.25. The summed E-state index contributed by atoms with van der Waals surface area (Å²) >= 11 is 0. The third kappa shape index (κ3) is 3.83. The Morgan fingerprint density at radius 3 is 2.60 bits per heavy atom. The van der Waals surface area contributed by atoms with Crippen LogP contribution in [0.5, 0.6) is 0 Å². The highest BCUT2D eigenvalue weighted by Crippen LogP contribution is 2.24. The average Bonchev–Trinajstić information content (AvgIpc) is 2.51. The van der Waals surface area contributed by atoms with Crippen molar-refractivity contribution >= 4 is 0 Å². The number of piperidine rings is 2. The minimum atomic E-state index is 0.779. The van der Waals surface area contributed by atoms with E-state index in [0.717, 1.165) is 12.0 Å². The maximum Gasteiger partial charge on any atom is 0.0136 e. The molecule has 1 atom stereocenters. The fraction of sp³-hybridized carbons (Fsp3) is 0.667. The molecule has 1 unspecified atom stereocenters. The zero-order chi connectivity index (χ0) is 13.6. The van der Waals surface area contributed by atoms with Crippen molar-refractivity contribution in [3.63, 3.8) is 0 Å². The van der Waals surface area contributed by atoms with E-state index >= 15 is 0 Å². The predicted octanol–water partition coefficient (Wildman–Crippen LogP) is 3.08. The second-order valence-corrected chi connectivity index (χ2v) is 6.53. The van der Waals surface area contributed by atoms with E-state index in [4.69, 9.17) is 0 Å². The molecule has 0 aliphatic carbocycles. The van der Waals surface area contributed by atoms with Crippen molar-refractivity contribution < 1.29 is 0 Å². The molecule has 0 saturated carbocycles. The third-order valence-electron chi connectivity index (χ3n) is 5.01. The first-order valence-electron chi connectivity index (χ1n) is 8.40. The summed E-state index contributed by atoms with van der Waals surface area (Å²) in [6, 6.07) is 11.8. The summed E-state index contributed by atoms with van der Waals surface area (Å²) in [6.45, 7) is 5.10. The zero-order valence-electron chi connectivity index (χ0n) is 12.6. The second kappa shape index (κ2) is 7.24. The summed E-state index contributed by atoms with van der Waals surface area (Å²) in [7, 11) is 0. The van der Waals surface area contributed by atoms with Gasteiger partial charge < -0.3 is 5.32 Å². The average molecular weight is 272 g/mol. The number of rotatable bonds is 4. The first kappa shape index (κ1) is 14.1. The van der Waals surface area contributed by atoms with Crippen molar-refractivity contribution in [3.8, 4) is 0 Å². The molecule has 0 radical (unpaired) electrons. The van der Waals surface area contributed by atoms with Crippen LogP contribution in [0.1, 0.15) is 37.7 Å². The van der Waals surface area contributed by atoms with Crippen LogP contribution in [0.2, 0.25) is 0 Å². The Labute approximate surface area is 123 Å². The summed E-state index contributed by atoms with van der Waals surface area (Å²) in [5.74, 6) is 0.924. The molecule has 2 aliphatic heterocycles. The normalized spacial score (nSPS) is 25.7. The van der Waals surface area contributed by atoms with E-state index in [9.17, 15) is 0 Å². The first-order valence-corrected chi connectivity index (χ1v) is 8.40. The maximum atomic E-state index is 3.48. The lowest BCUT2D eigenvalue weighted by Crippen LogP contribution is -2.45. The molecule has 1 aromatic rings. The molecule has 2 aliphatic rings. The fourth-order valence-corrected chi connectivity index (χ4v) is 3.81. The minimum absolute atomic E-state index is 0.779. The molecule has 2 fully saturated rings. The van der Waals surface area contributed by atoms with E-state index in [1.54, 1.807) is 0 Å². The molecule has 2 nitrogen and oxygen atoms in total. The highest BCUT2D eigenvalue weighted by atomic mass is 15.2. The number of hydrogen-bond acceptors (Lipinski definition) is 2. The van der Waals surface area contributed by atoms with Crippen LogP contribution in [0.15, 0.2) is 30.3 Å². The molecule has 2 heteroatoms. The van der Waals surface area contributed by atoms with Crippen molar-refractivity contribution in [1.82, 2.24) is 10.2 Å². The summed E-state index contributed by atoms with van der Waals surface area (Å²) in [4.78, 5) is 2.80. The van der Waals surface area contributed by atoms with E-state index < -0.39 is 0 Å². The Balaban J connectivity index is 1.58. The molecule has 2 heterocycles. The largest absolute Gasteiger partial charge is 0.317 e. The van der Waals surface area contributed by atoms with Crippen LogP contribution >= 0.6 is 0 Å². The quantitative estimate of drug-likeness (QED) is 0.906. The van der Waals surface area contributed by atoms with Crippen molar-refractivity contribution in [2.75, 3.05) is 26.2 Å². The van der Waals surface area contributed by atoms with Crippen LogP contribution in [0.3, 0.4) is 0 Å². The molecule has 0 aromatic heterocycles. The van der Waals surface area contributed by atoms with E-state index in [1.807, 2.05) is 0 Å². The molecule has 110 valence electrons. The molecule has 0 spiro atoms. The molecule has 0 bridgehead atoms. The Morgan fingerprint density at radius 2 is 1.80 bits per heavy atom. The van der Waals surface area contributed by atoms with Gasteiger partial charge in [0.15, 0.2) is 0 Å². The maximum absolute atomic E-state index is 3.48. The number of benzene rings is 1. The Bertz CT molecular complexity index is 384. The molecular formula is C18H28N2. The SMILES string of the molecule is c1ccc(CC2CCCCN2CC2CCNCC2)cc1. The number of nitrogens with one attached hydrogen (secondary N) is 1. The van der Waals surface area contributed by atoms with Crippen LogP contribution in [0.4, 0.5) is 0 Å². The van der Waals surface area contributed by atoms with Crippen LogP contribution in [-0.4, -0.2) is 37.1 Å². The van der Waals surface area contributed by atoms with E-state index in [-0.39, 0.29) is 0 Å². The Morgan fingerprint density at radius 1 is 1.00 bits per heavy atom. The van der Waals surface area contributed by atoms with Crippen LogP contribution in [0, 0.1) is 5.92 Å². The van der Waals surface area contributed by atoms with Gasteiger partial charge in [-0.1, -0.05) is 36.8 Å². The van der Waals surface area contributed by atoms with E-state index in [1.165, 1.54) is 70.3 Å². The molecular weight excluding hydrogens is 244 g/mol. The van der Waals surface area contributed by atoms with Gasteiger partial charge >= 0.3 is 0 Å². The second-order valence-electron chi connectivity index (χ2n) is 6.53. The van der Waals surface area contributed by atoms with Gasteiger partial charge in [0, 0.05) is 12.6 Å². The molecule has 1 aromatic carbocycles. The van der Waals surface area contributed by atoms with Crippen molar-refractivity contribution in [3.05, 3.63) is 35.9 Å². The lowest BCUT2D eigenvalue weighted by atomic mass is 9.92. The van der Waals surface area contributed by atoms with Crippen molar-refractivity contribution in [2.24, 2.45) is 5.92 Å². The first-order chi connectivity index (χ1) is 9.92. The lowest BCUT2D eigenvalue weighted by Gasteiger charge is -2.39. The zero-order valence-corrected chi connectivity index (χ0v) is 12.6. The summed E-state index contributed by atoms with van der Waals surface area (Å²) < 4.78 is 0.